The minimum atomic E-state index is -0.628. The van der Waals surface area contributed by atoms with E-state index in [0.29, 0.717) is 29.4 Å². The molecule has 9 nitrogen and oxygen atoms in total. The fourth-order valence-corrected chi connectivity index (χ4v) is 3.67. The van der Waals surface area contributed by atoms with Crippen molar-refractivity contribution in [3.63, 3.8) is 0 Å². The highest BCUT2D eigenvalue weighted by Gasteiger charge is 2.18. The van der Waals surface area contributed by atoms with Crippen LogP contribution in [0.4, 0.5) is 10.7 Å². The summed E-state index contributed by atoms with van der Waals surface area (Å²) < 4.78 is 6.78. The fraction of sp³-hybridized carbons (Fsp3) is 0.296. The van der Waals surface area contributed by atoms with Crippen LogP contribution in [0, 0.1) is 0 Å². The molecule has 186 valence electrons. The maximum Gasteiger partial charge on any atom is 0.414 e. The van der Waals surface area contributed by atoms with E-state index in [1.165, 1.54) is 5.56 Å². The van der Waals surface area contributed by atoms with Gasteiger partial charge in [0.1, 0.15) is 5.60 Å². The molecule has 0 aliphatic rings. The molecule has 4 aromatic rings. The summed E-state index contributed by atoms with van der Waals surface area (Å²) in [5, 5.41) is 9.78. The zero-order chi connectivity index (χ0) is 25.7. The van der Waals surface area contributed by atoms with Crippen molar-refractivity contribution in [1.82, 2.24) is 24.9 Å². The lowest BCUT2D eigenvalue weighted by atomic mass is 9.98. The van der Waals surface area contributed by atoms with E-state index in [2.05, 4.69) is 44.8 Å². The number of nitrogens with zero attached hydrogens (tertiary/aromatic N) is 4. The smallest absolute Gasteiger partial charge is 0.414 e. The van der Waals surface area contributed by atoms with Crippen molar-refractivity contribution in [1.29, 1.82) is 0 Å². The Hall–Kier alpha value is -4.27. The van der Waals surface area contributed by atoms with Crippen LogP contribution in [-0.2, 0) is 4.74 Å². The van der Waals surface area contributed by atoms with Crippen molar-refractivity contribution in [3.8, 4) is 11.3 Å². The number of hydrogen-bond acceptors (Lipinski definition) is 6. The van der Waals surface area contributed by atoms with Crippen LogP contribution in [0.15, 0.2) is 67.0 Å². The third kappa shape index (κ3) is 6.44. The van der Waals surface area contributed by atoms with Gasteiger partial charge in [0.25, 0.3) is 11.9 Å². The minimum Gasteiger partial charge on any atom is -0.444 e. The molecular weight excluding hydrogens is 456 g/mol. The summed E-state index contributed by atoms with van der Waals surface area (Å²) in [6.45, 7) is 8.07. The maximum absolute atomic E-state index is 12.7. The Morgan fingerprint density at radius 2 is 1.86 bits per heavy atom. The van der Waals surface area contributed by atoms with Gasteiger partial charge in [0.15, 0.2) is 5.65 Å². The number of nitrogens with one attached hydrogen (secondary N) is 2. The molecule has 2 amide bonds. The van der Waals surface area contributed by atoms with Gasteiger partial charge in [0.2, 0.25) is 0 Å². The van der Waals surface area contributed by atoms with Gasteiger partial charge in [0, 0.05) is 30.1 Å². The number of ether oxygens (including phenoxy) is 1. The lowest BCUT2D eigenvalue weighted by molar-refractivity contribution is 0.0634. The van der Waals surface area contributed by atoms with Crippen LogP contribution >= 0.6 is 0 Å². The van der Waals surface area contributed by atoms with Gasteiger partial charge in [-0.1, -0.05) is 37.3 Å². The molecule has 0 saturated heterocycles. The summed E-state index contributed by atoms with van der Waals surface area (Å²) in [4.78, 5) is 33.5. The second-order valence-electron chi connectivity index (χ2n) is 9.57. The summed E-state index contributed by atoms with van der Waals surface area (Å²) in [7, 11) is 0. The lowest BCUT2D eigenvalue weighted by Gasteiger charge is -2.18. The van der Waals surface area contributed by atoms with Crippen LogP contribution < -0.4 is 10.6 Å². The Bertz CT molecular complexity index is 1360. The molecule has 9 heteroatoms. The monoisotopic (exact) mass is 486 g/mol. The van der Waals surface area contributed by atoms with Gasteiger partial charge < -0.3 is 10.1 Å². The van der Waals surface area contributed by atoms with E-state index in [4.69, 9.17) is 4.74 Å². The van der Waals surface area contributed by atoms with Crippen LogP contribution in [0.2, 0.25) is 0 Å². The molecular formula is C27H30N6O3. The molecule has 36 heavy (non-hydrogen) atoms. The van der Waals surface area contributed by atoms with Gasteiger partial charge in [-0.2, -0.15) is 4.98 Å². The summed E-state index contributed by atoms with van der Waals surface area (Å²) in [6, 6.07) is 17.3. The number of fused-ring (bicyclic) bond motifs is 1. The lowest BCUT2D eigenvalue weighted by Crippen LogP contribution is -2.27. The third-order valence-corrected chi connectivity index (χ3v) is 5.50. The molecule has 1 aromatic carbocycles. The Morgan fingerprint density at radius 3 is 2.61 bits per heavy atom. The van der Waals surface area contributed by atoms with E-state index >= 15 is 0 Å². The zero-order valence-electron chi connectivity index (χ0n) is 20.9. The van der Waals surface area contributed by atoms with E-state index in [0.717, 1.165) is 12.0 Å². The van der Waals surface area contributed by atoms with Crippen molar-refractivity contribution in [2.24, 2.45) is 0 Å². The standard InChI is InChI=1S/C27H30N6O3/c1-18(19-8-6-5-7-9-19)10-13-29-24(34)21-11-14-28-22(16-21)20-12-15-33-23(17-20)30-25(32-33)31-26(35)36-27(2,3)4/h5-9,11-12,14-18H,10,13H2,1-4H3,(H,29,34)(H,31,32,35). The molecule has 4 rings (SSSR count). The first-order valence-corrected chi connectivity index (χ1v) is 11.8. The SMILES string of the molecule is CC(CCNC(=O)c1ccnc(-c2ccn3nc(NC(=O)OC(C)(C)C)nc3c2)c1)c1ccccc1. The highest BCUT2D eigenvalue weighted by atomic mass is 16.6. The first kappa shape index (κ1) is 24.8. The number of rotatable bonds is 7. The number of aromatic nitrogens is 4. The normalized spacial score (nSPS) is 12.2. The van der Waals surface area contributed by atoms with Gasteiger partial charge in [-0.15, -0.1) is 5.10 Å². The van der Waals surface area contributed by atoms with E-state index < -0.39 is 11.7 Å². The predicted octanol–water partition coefficient (Wildman–Crippen LogP) is 5.06. The molecule has 3 aromatic heterocycles. The Kier molecular flexibility index (Phi) is 7.28. The summed E-state index contributed by atoms with van der Waals surface area (Å²) in [6.07, 6.45) is 3.55. The Labute approximate surface area is 209 Å². The van der Waals surface area contributed by atoms with Gasteiger partial charge in [0.05, 0.1) is 5.69 Å². The number of amides is 2. The van der Waals surface area contributed by atoms with Crippen molar-refractivity contribution < 1.29 is 14.3 Å². The van der Waals surface area contributed by atoms with Gasteiger partial charge in [-0.25, -0.2) is 9.31 Å². The Balaban J connectivity index is 1.41. The molecule has 0 fully saturated rings. The number of benzene rings is 1. The van der Waals surface area contributed by atoms with E-state index in [-0.39, 0.29) is 11.9 Å². The summed E-state index contributed by atoms with van der Waals surface area (Å²) in [5.74, 6) is 0.336. The minimum absolute atomic E-state index is 0.132. The molecule has 0 aliphatic carbocycles. The molecule has 1 atom stereocenters. The number of carbonyl (C=O) groups is 2. The molecule has 0 saturated carbocycles. The van der Waals surface area contributed by atoms with Gasteiger partial charge in [-0.05, 0) is 62.9 Å². The number of anilines is 1. The Morgan fingerprint density at radius 1 is 1.08 bits per heavy atom. The zero-order valence-corrected chi connectivity index (χ0v) is 20.9. The highest BCUT2D eigenvalue weighted by Crippen LogP contribution is 2.21. The second-order valence-corrected chi connectivity index (χ2v) is 9.57. The van der Waals surface area contributed by atoms with Crippen molar-refractivity contribution >= 4 is 23.6 Å². The van der Waals surface area contributed by atoms with Crippen LogP contribution in [-0.4, -0.2) is 43.7 Å². The van der Waals surface area contributed by atoms with Crippen LogP contribution in [0.25, 0.3) is 16.9 Å². The highest BCUT2D eigenvalue weighted by molar-refractivity contribution is 5.95. The maximum atomic E-state index is 12.7. The quantitative estimate of drug-likeness (QED) is 0.378. The first-order chi connectivity index (χ1) is 17.2. The second kappa shape index (κ2) is 10.6. The first-order valence-electron chi connectivity index (χ1n) is 11.8. The van der Waals surface area contributed by atoms with Crippen LogP contribution in [0.1, 0.15) is 56.0 Å². The molecule has 1 unspecified atom stereocenters. The average molecular weight is 487 g/mol. The van der Waals surface area contributed by atoms with Gasteiger partial charge in [-0.3, -0.25) is 15.1 Å². The number of carbonyl (C=O) groups excluding carboxylic acids is 2. The van der Waals surface area contributed by atoms with E-state index in [9.17, 15) is 9.59 Å². The van der Waals surface area contributed by atoms with Crippen molar-refractivity contribution in [2.45, 2.75) is 45.6 Å². The average Bonchev–Trinajstić information content (AvgIpc) is 3.24. The van der Waals surface area contributed by atoms with Crippen molar-refractivity contribution in [3.05, 3.63) is 78.1 Å². The van der Waals surface area contributed by atoms with Crippen LogP contribution in [0.3, 0.4) is 0 Å². The largest absolute Gasteiger partial charge is 0.444 e. The third-order valence-electron chi connectivity index (χ3n) is 5.50. The molecule has 0 radical (unpaired) electrons. The number of hydrogen-bond donors (Lipinski definition) is 2. The van der Waals surface area contributed by atoms with E-state index in [1.54, 1.807) is 55.9 Å². The topological polar surface area (TPSA) is 111 Å². The molecule has 0 spiro atoms. The molecule has 3 heterocycles. The van der Waals surface area contributed by atoms with Crippen molar-refractivity contribution in [2.75, 3.05) is 11.9 Å². The van der Waals surface area contributed by atoms with E-state index in [1.807, 2.05) is 24.3 Å². The molecule has 0 bridgehead atoms. The number of pyridine rings is 2. The predicted molar refractivity (Wildman–Crippen MR) is 138 cm³/mol. The molecule has 2 N–H and O–H groups in total. The van der Waals surface area contributed by atoms with Gasteiger partial charge >= 0.3 is 6.09 Å². The molecule has 0 aliphatic heterocycles. The summed E-state index contributed by atoms with van der Waals surface area (Å²) >= 11 is 0. The fourth-order valence-electron chi connectivity index (χ4n) is 3.67. The summed E-state index contributed by atoms with van der Waals surface area (Å²) in [5.41, 5.74) is 3.08. The van der Waals surface area contributed by atoms with Crippen LogP contribution in [0.5, 0.6) is 0 Å².